The van der Waals surface area contributed by atoms with Crippen molar-refractivity contribution in [2.45, 2.75) is 13.5 Å². The van der Waals surface area contributed by atoms with Crippen LogP contribution in [-0.2, 0) is 6.61 Å². The maximum Gasteiger partial charge on any atom is 0.226 e. The Hall–Kier alpha value is -3.28. The van der Waals surface area contributed by atoms with Crippen LogP contribution in [-0.4, -0.2) is 25.0 Å². The van der Waals surface area contributed by atoms with Gasteiger partial charge in [0.25, 0.3) is 0 Å². The Morgan fingerprint density at radius 3 is 2.58 bits per heavy atom. The predicted octanol–water partition coefficient (Wildman–Crippen LogP) is 4.14. The van der Waals surface area contributed by atoms with Crippen molar-refractivity contribution in [2.75, 3.05) is 13.7 Å². The Morgan fingerprint density at radius 2 is 1.88 bits per heavy atom. The lowest BCUT2D eigenvalue weighted by molar-refractivity contribution is 0.112. The fourth-order valence-corrected chi connectivity index (χ4v) is 2.38. The average Bonchev–Trinajstić information content (AvgIpc) is 3.16. The minimum atomic E-state index is 0.222. The molecule has 1 aromatic heterocycles. The molecule has 0 amide bonds. The van der Waals surface area contributed by atoms with E-state index in [-0.39, 0.29) is 6.61 Å². The molecule has 3 rings (SSSR count). The third kappa shape index (κ3) is 4.03. The summed E-state index contributed by atoms with van der Waals surface area (Å²) in [7, 11) is 1.62. The van der Waals surface area contributed by atoms with E-state index in [0.717, 1.165) is 17.6 Å². The van der Waals surface area contributed by atoms with Crippen LogP contribution in [0.3, 0.4) is 0 Å². The molecule has 1 heterocycles. The molecular weight excluding hydrogens is 334 g/mol. The minimum Gasteiger partial charge on any atom is -0.497 e. The van der Waals surface area contributed by atoms with Crippen LogP contribution < -0.4 is 14.2 Å². The molecule has 0 saturated heterocycles. The molecule has 3 aromatic rings. The van der Waals surface area contributed by atoms with Crippen LogP contribution in [0.25, 0.3) is 11.5 Å². The van der Waals surface area contributed by atoms with Crippen molar-refractivity contribution in [3.8, 4) is 28.7 Å². The molecule has 0 aliphatic heterocycles. The van der Waals surface area contributed by atoms with Crippen molar-refractivity contribution in [3.63, 3.8) is 0 Å². The monoisotopic (exact) mass is 353 g/mol. The molecular formula is C20H19NO5. The van der Waals surface area contributed by atoms with Gasteiger partial charge in [-0.2, -0.15) is 0 Å². The van der Waals surface area contributed by atoms with Crippen LogP contribution in [0.15, 0.2) is 53.1 Å². The van der Waals surface area contributed by atoms with Crippen molar-refractivity contribution in [1.82, 2.24) is 4.98 Å². The lowest BCUT2D eigenvalue weighted by Gasteiger charge is -2.11. The van der Waals surface area contributed by atoms with Gasteiger partial charge in [0.05, 0.1) is 13.7 Å². The fraction of sp³-hybridized carbons (Fsp3) is 0.200. The molecule has 6 heteroatoms. The molecule has 6 nitrogen and oxygen atoms in total. The van der Waals surface area contributed by atoms with Gasteiger partial charge in [-0.05, 0) is 49.4 Å². The number of nitrogens with zero attached hydrogens (tertiary/aromatic N) is 1. The zero-order valence-corrected chi connectivity index (χ0v) is 14.6. The molecule has 0 aliphatic rings. The highest BCUT2D eigenvalue weighted by Gasteiger charge is 2.10. The number of carbonyl (C=O) groups excluding carboxylic acids is 1. The van der Waals surface area contributed by atoms with Crippen LogP contribution in [0.4, 0.5) is 0 Å². The predicted molar refractivity (Wildman–Crippen MR) is 95.8 cm³/mol. The first-order valence-corrected chi connectivity index (χ1v) is 8.17. The Bertz CT molecular complexity index is 870. The van der Waals surface area contributed by atoms with E-state index in [4.69, 9.17) is 18.6 Å². The smallest absolute Gasteiger partial charge is 0.226 e. The van der Waals surface area contributed by atoms with Gasteiger partial charge in [0.15, 0.2) is 11.5 Å². The lowest BCUT2D eigenvalue weighted by atomic mass is 10.2. The van der Waals surface area contributed by atoms with Crippen LogP contribution in [0.1, 0.15) is 23.0 Å². The van der Waals surface area contributed by atoms with Crippen molar-refractivity contribution in [1.29, 1.82) is 0 Å². The van der Waals surface area contributed by atoms with Crippen molar-refractivity contribution < 1.29 is 23.4 Å². The molecule has 0 fully saturated rings. The summed E-state index contributed by atoms with van der Waals surface area (Å²) in [5.41, 5.74) is 2.03. The van der Waals surface area contributed by atoms with Gasteiger partial charge in [0.1, 0.15) is 30.6 Å². The summed E-state index contributed by atoms with van der Waals surface area (Å²) >= 11 is 0. The molecule has 0 unspecified atom stereocenters. The summed E-state index contributed by atoms with van der Waals surface area (Å²) < 4.78 is 22.0. The molecule has 0 radical (unpaired) electrons. The van der Waals surface area contributed by atoms with E-state index in [9.17, 15) is 4.79 Å². The summed E-state index contributed by atoms with van der Waals surface area (Å²) in [5, 5.41) is 0. The molecule has 0 aliphatic carbocycles. The Balaban J connectivity index is 1.70. The second-order valence-electron chi connectivity index (χ2n) is 5.42. The number of methoxy groups -OCH3 is 1. The van der Waals surface area contributed by atoms with E-state index in [0.29, 0.717) is 35.3 Å². The number of hydrogen-bond donors (Lipinski definition) is 0. The van der Waals surface area contributed by atoms with Crippen LogP contribution in [0, 0.1) is 0 Å². The Morgan fingerprint density at radius 1 is 1.08 bits per heavy atom. The normalized spacial score (nSPS) is 10.4. The number of oxazole rings is 1. The van der Waals surface area contributed by atoms with Crippen LogP contribution >= 0.6 is 0 Å². The van der Waals surface area contributed by atoms with Crippen molar-refractivity contribution in [3.05, 3.63) is 60.0 Å². The molecule has 2 aromatic carbocycles. The molecule has 0 saturated carbocycles. The third-order valence-electron chi connectivity index (χ3n) is 3.67. The topological polar surface area (TPSA) is 70.8 Å². The highest BCUT2D eigenvalue weighted by atomic mass is 16.5. The number of rotatable bonds is 8. The van der Waals surface area contributed by atoms with Crippen LogP contribution in [0.5, 0.6) is 17.2 Å². The minimum absolute atomic E-state index is 0.222. The number of aromatic nitrogens is 1. The summed E-state index contributed by atoms with van der Waals surface area (Å²) in [6, 6.07) is 12.5. The van der Waals surface area contributed by atoms with Crippen LogP contribution in [0.2, 0.25) is 0 Å². The summed E-state index contributed by atoms with van der Waals surface area (Å²) in [6.45, 7) is 2.57. The lowest BCUT2D eigenvalue weighted by Crippen LogP contribution is -2.00. The summed E-state index contributed by atoms with van der Waals surface area (Å²) in [5.74, 6) is 2.35. The molecule has 0 bridgehead atoms. The quantitative estimate of drug-likeness (QED) is 0.567. The Labute approximate surface area is 151 Å². The van der Waals surface area contributed by atoms with E-state index in [1.54, 1.807) is 31.6 Å². The second-order valence-corrected chi connectivity index (χ2v) is 5.42. The average molecular weight is 353 g/mol. The van der Waals surface area contributed by atoms with Gasteiger partial charge in [0, 0.05) is 11.1 Å². The maximum atomic E-state index is 10.9. The first kappa shape index (κ1) is 17.5. The number of ether oxygens (including phenoxy) is 3. The fourth-order valence-electron chi connectivity index (χ4n) is 2.38. The van der Waals surface area contributed by atoms with E-state index in [1.165, 1.54) is 0 Å². The maximum absolute atomic E-state index is 10.9. The largest absolute Gasteiger partial charge is 0.497 e. The zero-order chi connectivity index (χ0) is 18.4. The molecule has 0 N–H and O–H groups in total. The second kappa shape index (κ2) is 8.20. The van der Waals surface area contributed by atoms with Gasteiger partial charge in [-0.25, -0.2) is 4.98 Å². The number of benzene rings is 2. The van der Waals surface area contributed by atoms with Gasteiger partial charge in [-0.3, -0.25) is 4.79 Å². The number of carbonyl (C=O) groups is 1. The Kier molecular flexibility index (Phi) is 5.53. The van der Waals surface area contributed by atoms with Gasteiger partial charge >= 0.3 is 0 Å². The van der Waals surface area contributed by atoms with E-state index in [1.807, 2.05) is 31.2 Å². The highest BCUT2D eigenvalue weighted by Crippen LogP contribution is 2.29. The number of hydrogen-bond acceptors (Lipinski definition) is 6. The molecule has 0 atom stereocenters. The van der Waals surface area contributed by atoms with E-state index >= 15 is 0 Å². The van der Waals surface area contributed by atoms with E-state index in [2.05, 4.69) is 4.98 Å². The van der Waals surface area contributed by atoms with E-state index < -0.39 is 0 Å². The SMILES string of the molecule is CCOc1cc(C=O)ccc1OCc1coc(-c2ccc(OC)cc2)n1. The molecule has 0 spiro atoms. The summed E-state index contributed by atoms with van der Waals surface area (Å²) in [4.78, 5) is 15.3. The standard InChI is InChI=1S/C20H19NO5/c1-3-24-19-10-14(11-22)4-9-18(19)25-12-16-13-26-20(21-16)15-5-7-17(23-2)8-6-15/h4-11,13H,3,12H2,1-2H3. The summed E-state index contributed by atoms with van der Waals surface area (Å²) in [6.07, 6.45) is 2.32. The van der Waals surface area contributed by atoms with Gasteiger partial charge in [-0.15, -0.1) is 0 Å². The first-order valence-electron chi connectivity index (χ1n) is 8.17. The van der Waals surface area contributed by atoms with Crippen molar-refractivity contribution >= 4 is 6.29 Å². The first-order chi connectivity index (χ1) is 12.7. The van der Waals surface area contributed by atoms with Gasteiger partial charge < -0.3 is 18.6 Å². The molecule has 134 valence electrons. The zero-order valence-electron chi connectivity index (χ0n) is 14.6. The van der Waals surface area contributed by atoms with Crippen molar-refractivity contribution in [2.24, 2.45) is 0 Å². The number of aldehydes is 1. The van der Waals surface area contributed by atoms with Gasteiger partial charge in [0.2, 0.25) is 5.89 Å². The third-order valence-corrected chi connectivity index (χ3v) is 3.67. The highest BCUT2D eigenvalue weighted by molar-refractivity contribution is 5.76. The molecule has 26 heavy (non-hydrogen) atoms. The van der Waals surface area contributed by atoms with Gasteiger partial charge in [-0.1, -0.05) is 0 Å².